The summed E-state index contributed by atoms with van der Waals surface area (Å²) < 4.78 is 5.80. The van der Waals surface area contributed by atoms with E-state index >= 15 is 0 Å². The fourth-order valence-corrected chi connectivity index (χ4v) is 3.45. The van der Waals surface area contributed by atoms with Crippen LogP contribution in [0.3, 0.4) is 0 Å². The maximum absolute atomic E-state index is 6.12. The highest BCUT2D eigenvalue weighted by Gasteiger charge is 2.14. The van der Waals surface area contributed by atoms with Crippen molar-refractivity contribution in [3.63, 3.8) is 0 Å². The summed E-state index contributed by atoms with van der Waals surface area (Å²) in [7, 11) is 0. The third-order valence-corrected chi connectivity index (χ3v) is 4.70. The normalized spacial score (nSPS) is 11.0. The molecule has 0 fully saturated rings. The molecule has 0 saturated carbocycles. The van der Waals surface area contributed by atoms with Crippen LogP contribution in [-0.2, 0) is 6.42 Å². The molecule has 2 heterocycles. The highest BCUT2D eigenvalue weighted by molar-refractivity contribution is 7.18. The molecule has 0 bridgehead atoms. The number of ether oxygens (including phenoxy) is 1. The minimum Gasteiger partial charge on any atom is -0.437 e. The molecule has 0 N–H and O–H groups in total. The summed E-state index contributed by atoms with van der Waals surface area (Å²) in [5.41, 5.74) is 0. The van der Waals surface area contributed by atoms with Crippen LogP contribution < -0.4 is 4.74 Å². The Morgan fingerprint density at radius 3 is 2.67 bits per heavy atom. The largest absolute Gasteiger partial charge is 0.437 e. The zero-order valence-corrected chi connectivity index (χ0v) is 13.9. The van der Waals surface area contributed by atoms with E-state index in [4.69, 9.17) is 39.5 Å². The third kappa shape index (κ3) is 3.09. The Balaban J connectivity index is 2.08. The molecule has 3 aromatic rings. The molecule has 108 valence electrons. The lowest BCUT2D eigenvalue weighted by atomic mass is 10.3. The van der Waals surface area contributed by atoms with Crippen LogP contribution in [0.25, 0.3) is 10.2 Å². The number of rotatable bonds is 3. The monoisotopic (exact) mass is 358 g/mol. The lowest BCUT2D eigenvalue weighted by Gasteiger charge is -2.08. The van der Waals surface area contributed by atoms with Crippen molar-refractivity contribution >= 4 is 56.4 Å². The highest BCUT2D eigenvalue weighted by atomic mass is 35.5. The molecule has 0 saturated heterocycles. The zero-order chi connectivity index (χ0) is 15.0. The molecule has 1 aromatic carbocycles. The standard InChI is InChI=1S/C14H9Cl3N2OS/c1-2-8-6-9-12(18-14(17)19-13(9)21-8)20-11-4-3-7(15)5-10(11)16/h3-6H,2H2,1H3. The Morgan fingerprint density at radius 1 is 1.14 bits per heavy atom. The molecule has 7 heteroatoms. The van der Waals surface area contributed by atoms with Crippen LogP contribution in [0.15, 0.2) is 24.3 Å². The van der Waals surface area contributed by atoms with Crippen molar-refractivity contribution in [2.24, 2.45) is 0 Å². The Morgan fingerprint density at radius 2 is 1.95 bits per heavy atom. The second kappa shape index (κ2) is 5.97. The highest BCUT2D eigenvalue weighted by Crippen LogP contribution is 2.36. The molecule has 0 radical (unpaired) electrons. The van der Waals surface area contributed by atoms with E-state index in [9.17, 15) is 0 Å². The van der Waals surface area contributed by atoms with Crippen molar-refractivity contribution in [1.29, 1.82) is 0 Å². The van der Waals surface area contributed by atoms with Crippen molar-refractivity contribution in [3.8, 4) is 11.6 Å². The van der Waals surface area contributed by atoms with Gasteiger partial charge in [-0.2, -0.15) is 4.98 Å². The van der Waals surface area contributed by atoms with E-state index in [0.29, 0.717) is 21.7 Å². The van der Waals surface area contributed by atoms with Crippen LogP contribution >= 0.6 is 46.1 Å². The predicted octanol–water partition coefficient (Wildman–Crippen LogP) is 6.01. The maximum atomic E-state index is 6.12. The van der Waals surface area contributed by atoms with Crippen molar-refractivity contribution in [2.75, 3.05) is 0 Å². The van der Waals surface area contributed by atoms with E-state index in [1.165, 1.54) is 4.88 Å². The molecular weight excluding hydrogens is 351 g/mol. The molecule has 21 heavy (non-hydrogen) atoms. The summed E-state index contributed by atoms with van der Waals surface area (Å²) in [6.45, 7) is 2.08. The molecule has 2 aromatic heterocycles. The predicted molar refractivity (Wildman–Crippen MR) is 88.3 cm³/mol. The fourth-order valence-electron chi connectivity index (χ4n) is 1.83. The molecule has 0 atom stereocenters. The van der Waals surface area contributed by atoms with E-state index < -0.39 is 0 Å². The third-order valence-electron chi connectivity index (χ3n) is 2.83. The van der Waals surface area contributed by atoms with E-state index in [2.05, 4.69) is 16.9 Å². The van der Waals surface area contributed by atoms with Crippen molar-refractivity contribution < 1.29 is 4.74 Å². The van der Waals surface area contributed by atoms with Crippen LogP contribution in [0.4, 0.5) is 0 Å². The van der Waals surface area contributed by atoms with Gasteiger partial charge in [0, 0.05) is 9.90 Å². The topological polar surface area (TPSA) is 35.0 Å². The van der Waals surface area contributed by atoms with E-state index in [1.54, 1.807) is 29.5 Å². The van der Waals surface area contributed by atoms with Gasteiger partial charge >= 0.3 is 0 Å². The lowest BCUT2D eigenvalue weighted by Crippen LogP contribution is -1.91. The smallest absolute Gasteiger partial charge is 0.232 e. The van der Waals surface area contributed by atoms with Gasteiger partial charge in [-0.05, 0) is 42.3 Å². The van der Waals surface area contributed by atoms with Crippen LogP contribution in [0, 0.1) is 0 Å². The van der Waals surface area contributed by atoms with Crippen molar-refractivity contribution in [2.45, 2.75) is 13.3 Å². The quantitative estimate of drug-likeness (QED) is 0.537. The first kappa shape index (κ1) is 14.9. The summed E-state index contributed by atoms with van der Waals surface area (Å²) in [6.07, 6.45) is 0.916. The Kier molecular flexibility index (Phi) is 4.22. The number of hydrogen-bond donors (Lipinski definition) is 0. The van der Waals surface area contributed by atoms with Gasteiger partial charge in [-0.3, -0.25) is 0 Å². The summed E-state index contributed by atoms with van der Waals surface area (Å²) in [6, 6.07) is 7.02. The first-order valence-electron chi connectivity index (χ1n) is 6.15. The number of thiophene rings is 1. The minimum absolute atomic E-state index is 0.145. The van der Waals surface area contributed by atoms with Gasteiger partial charge in [-0.15, -0.1) is 11.3 Å². The number of halogens is 3. The van der Waals surface area contributed by atoms with Gasteiger partial charge in [0.05, 0.1) is 10.4 Å². The van der Waals surface area contributed by atoms with Crippen LogP contribution in [0.2, 0.25) is 15.3 Å². The molecule has 0 aliphatic carbocycles. The Hall–Kier alpha value is -1.07. The zero-order valence-electron chi connectivity index (χ0n) is 10.9. The maximum Gasteiger partial charge on any atom is 0.232 e. The first-order valence-corrected chi connectivity index (χ1v) is 8.10. The SMILES string of the molecule is CCc1cc2c(Oc3ccc(Cl)cc3Cl)nc(Cl)nc2s1. The fraction of sp³-hybridized carbons (Fsp3) is 0.143. The number of nitrogens with zero attached hydrogens (tertiary/aromatic N) is 2. The number of benzene rings is 1. The molecular formula is C14H9Cl3N2OS. The van der Waals surface area contributed by atoms with Gasteiger partial charge in [0.15, 0.2) is 0 Å². The molecule has 0 spiro atoms. The summed E-state index contributed by atoms with van der Waals surface area (Å²) in [5.74, 6) is 0.867. The Bertz CT molecular complexity index is 819. The Labute approximate surface area is 140 Å². The molecule has 0 aliphatic rings. The molecule has 0 amide bonds. The van der Waals surface area contributed by atoms with E-state index in [1.807, 2.05) is 6.07 Å². The van der Waals surface area contributed by atoms with Crippen molar-refractivity contribution in [1.82, 2.24) is 9.97 Å². The first-order chi connectivity index (χ1) is 10.1. The van der Waals surface area contributed by atoms with Gasteiger partial charge in [0.1, 0.15) is 10.6 Å². The van der Waals surface area contributed by atoms with Gasteiger partial charge in [-0.25, -0.2) is 4.98 Å². The van der Waals surface area contributed by atoms with Crippen molar-refractivity contribution in [3.05, 3.63) is 44.5 Å². The molecule has 3 nitrogen and oxygen atoms in total. The summed E-state index contributed by atoms with van der Waals surface area (Å²) in [5, 5.41) is 1.93. The van der Waals surface area contributed by atoms with Gasteiger partial charge in [0.25, 0.3) is 0 Å². The van der Waals surface area contributed by atoms with Gasteiger partial charge < -0.3 is 4.74 Å². The average Bonchev–Trinajstić information content (AvgIpc) is 2.85. The molecule has 0 unspecified atom stereocenters. The second-order valence-corrected chi connectivity index (χ2v) is 6.56. The number of hydrogen-bond acceptors (Lipinski definition) is 4. The summed E-state index contributed by atoms with van der Waals surface area (Å²) in [4.78, 5) is 10.4. The molecule has 3 rings (SSSR count). The number of aryl methyl sites for hydroxylation is 1. The number of aromatic nitrogens is 2. The average molecular weight is 360 g/mol. The number of fused-ring (bicyclic) bond motifs is 1. The summed E-state index contributed by atoms with van der Waals surface area (Å²) >= 11 is 19.5. The van der Waals surface area contributed by atoms with Crippen LogP contribution in [0.1, 0.15) is 11.8 Å². The van der Waals surface area contributed by atoms with E-state index in [0.717, 1.165) is 16.6 Å². The van der Waals surface area contributed by atoms with Crippen LogP contribution in [0.5, 0.6) is 11.6 Å². The van der Waals surface area contributed by atoms with Crippen LogP contribution in [-0.4, -0.2) is 9.97 Å². The van der Waals surface area contributed by atoms with E-state index in [-0.39, 0.29) is 5.28 Å². The molecule has 0 aliphatic heterocycles. The second-order valence-electron chi connectivity index (χ2n) is 4.26. The van der Waals surface area contributed by atoms with Gasteiger partial charge in [-0.1, -0.05) is 30.1 Å². The minimum atomic E-state index is 0.145. The van der Waals surface area contributed by atoms with Gasteiger partial charge in [0.2, 0.25) is 11.2 Å². The lowest BCUT2D eigenvalue weighted by molar-refractivity contribution is 0.468.